The lowest BCUT2D eigenvalue weighted by Gasteiger charge is -2.34. The van der Waals surface area contributed by atoms with Crippen LogP contribution in [0.2, 0.25) is 0 Å². The van der Waals surface area contributed by atoms with Crippen LogP contribution in [0.25, 0.3) is 5.65 Å². The molecule has 1 amide bonds. The van der Waals surface area contributed by atoms with Crippen molar-refractivity contribution in [3.8, 4) is 0 Å². The summed E-state index contributed by atoms with van der Waals surface area (Å²) in [4.78, 5) is 22.7. The van der Waals surface area contributed by atoms with Crippen LogP contribution in [0, 0.1) is 12.8 Å². The molecule has 168 valence electrons. The third-order valence-electron chi connectivity index (χ3n) is 7.29. The molecule has 8 nitrogen and oxygen atoms in total. The Morgan fingerprint density at radius 2 is 2.00 bits per heavy atom. The predicted octanol–water partition coefficient (Wildman–Crippen LogP) is 3.85. The summed E-state index contributed by atoms with van der Waals surface area (Å²) in [5, 5.41) is 12.3. The zero-order chi connectivity index (χ0) is 21.8. The minimum Gasteiger partial charge on any atom is -0.356 e. The first-order valence-electron chi connectivity index (χ1n) is 12.0. The number of fused-ring (bicyclic) bond motifs is 1. The molecular formula is C24H31N7O. The van der Waals surface area contributed by atoms with E-state index in [4.69, 9.17) is 10.1 Å². The van der Waals surface area contributed by atoms with Crippen molar-refractivity contribution in [3.63, 3.8) is 0 Å². The van der Waals surface area contributed by atoms with Crippen LogP contribution in [0.1, 0.15) is 84.8 Å². The number of nitrogens with zero attached hydrogens (tertiary/aromatic N) is 6. The van der Waals surface area contributed by atoms with Crippen LogP contribution < -0.4 is 4.90 Å². The van der Waals surface area contributed by atoms with E-state index < -0.39 is 0 Å². The van der Waals surface area contributed by atoms with E-state index in [1.165, 1.54) is 19.3 Å². The first-order valence-corrected chi connectivity index (χ1v) is 12.0. The normalized spacial score (nSPS) is 23.9. The molecule has 3 aromatic rings. The van der Waals surface area contributed by atoms with Gasteiger partial charge in [0.05, 0.1) is 11.7 Å². The zero-order valence-corrected chi connectivity index (χ0v) is 18.9. The molecule has 1 N–H and O–H groups in total. The van der Waals surface area contributed by atoms with Crippen LogP contribution in [0.3, 0.4) is 0 Å². The lowest BCUT2D eigenvalue weighted by atomic mass is 9.99. The molecule has 0 aromatic carbocycles. The maximum absolute atomic E-state index is 13.4. The molecule has 3 aliphatic rings. The monoisotopic (exact) mass is 433 g/mol. The summed E-state index contributed by atoms with van der Waals surface area (Å²) in [7, 11) is 0. The van der Waals surface area contributed by atoms with Gasteiger partial charge in [-0.3, -0.25) is 9.89 Å². The Bertz CT molecular complexity index is 1160. The number of hydrogen-bond acceptors (Lipinski definition) is 5. The average Bonchev–Trinajstić information content (AvgIpc) is 3.19. The highest BCUT2D eigenvalue weighted by Gasteiger charge is 2.33. The van der Waals surface area contributed by atoms with Gasteiger partial charge in [-0.1, -0.05) is 6.92 Å². The van der Waals surface area contributed by atoms with E-state index in [-0.39, 0.29) is 11.9 Å². The Balaban J connectivity index is 1.30. The van der Waals surface area contributed by atoms with Crippen molar-refractivity contribution in [2.75, 3.05) is 24.5 Å². The second-order valence-corrected chi connectivity index (χ2v) is 9.95. The quantitative estimate of drug-likeness (QED) is 0.676. The van der Waals surface area contributed by atoms with E-state index >= 15 is 0 Å². The lowest BCUT2D eigenvalue weighted by Crippen LogP contribution is -2.38. The molecule has 3 aromatic heterocycles. The van der Waals surface area contributed by atoms with E-state index in [1.54, 1.807) is 0 Å². The summed E-state index contributed by atoms with van der Waals surface area (Å²) in [5.74, 6) is 2.33. The summed E-state index contributed by atoms with van der Waals surface area (Å²) < 4.78 is 1.88. The molecule has 8 heteroatoms. The number of rotatable bonds is 4. The minimum absolute atomic E-state index is 0.00536. The van der Waals surface area contributed by atoms with Gasteiger partial charge in [0.2, 0.25) is 0 Å². The van der Waals surface area contributed by atoms with Crippen molar-refractivity contribution in [2.24, 2.45) is 5.92 Å². The number of aromatic nitrogens is 5. The molecule has 3 fully saturated rings. The number of likely N-dealkylation sites (tertiary alicyclic amines) is 1. The van der Waals surface area contributed by atoms with Crippen molar-refractivity contribution in [2.45, 2.75) is 64.3 Å². The molecule has 6 rings (SSSR count). The summed E-state index contributed by atoms with van der Waals surface area (Å²) in [6.07, 6.45) is 8.71. The zero-order valence-electron chi connectivity index (χ0n) is 18.9. The Labute approximate surface area is 188 Å². The number of carbonyl (C=O) groups is 1. The number of aromatic amines is 1. The van der Waals surface area contributed by atoms with Gasteiger partial charge in [-0.15, -0.1) is 0 Å². The highest BCUT2D eigenvalue weighted by Crippen LogP contribution is 2.39. The third-order valence-corrected chi connectivity index (χ3v) is 7.29. The molecule has 0 spiro atoms. The number of piperidine rings is 1. The van der Waals surface area contributed by atoms with E-state index in [0.29, 0.717) is 17.5 Å². The first-order chi connectivity index (χ1) is 15.6. The first kappa shape index (κ1) is 19.8. The van der Waals surface area contributed by atoms with Gasteiger partial charge in [0, 0.05) is 49.1 Å². The van der Waals surface area contributed by atoms with Gasteiger partial charge in [-0.25, -0.2) is 9.50 Å². The molecule has 1 saturated carbocycles. The topological polar surface area (TPSA) is 82.4 Å². The van der Waals surface area contributed by atoms with Crippen LogP contribution in [0.15, 0.2) is 18.3 Å². The fourth-order valence-electron chi connectivity index (χ4n) is 5.31. The Hall–Kier alpha value is -2.90. The second-order valence-electron chi connectivity index (χ2n) is 9.95. The molecule has 2 aliphatic heterocycles. The van der Waals surface area contributed by atoms with Crippen LogP contribution in [-0.2, 0) is 0 Å². The minimum atomic E-state index is -0.0328. The second kappa shape index (κ2) is 7.60. The van der Waals surface area contributed by atoms with Gasteiger partial charge in [0.25, 0.3) is 5.91 Å². The Morgan fingerprint density at radius 3 is 2.78 bits per heavy atom. The molecule has 2 saturated heterocycles. The van der Waals surface area contributed by atoms with Gasteiger partial charge in [0.1, 0.15) is 11.5 Å². The maximum Gasteiger partial charge on any atom is 0.274 e. The van der Waals surface area contributed by atoms with Crippen molar-refractivity contribution >= 4 is 17.4 Å². The largest absolute Gasteiger partial charge is 0.356 e. The fourth-order valence-corrected chi connectivity index (χ4v) is 5.31. The van der Waals surface area contributed by atoms with Crippen molar-refractivity contribution in [1.82, 2.24) is 29.7 Å². The predicted molar refractivity (Wildman–Crippen MR) is 122 cm³/mol. The average molecular weight is 434 g/mol. The van der Waals surface area contributed by atoms with E-state index in [0.717, 1.165) is 67.3 Å². The van der Waals surface area contributed by atoms with Gasteiger partial charge in [0.15, 0.2) is 5.65 Å². The molecule has 5 heterocycles. The summed E-state index contributed by atoms with van der Waals surface area (Å²) >= 11 is 0. The SMILES string of the molecule is Cc1cn2nc([C@@H]3CCCCN3C(=O)c3cc(C4CC4)[nH]n3)cc2nc1N1CC[C@H](C)C1. The number of H-pyrrole nitrogens is 1. The van der Waals surface area contributed by atoms with Crippen LogP contribution in [0.5, 0.6) is 0 Å². The van der Waals surface area contributed by atoms with E-state index in [1.807, 2.05) is 15.5 Å². The number of aryl methyl sites for hydroxylation is 1. The Morgan fingerprint density at radius 1 is 1.12 bits per heavy atom. The number of carbonyl (C=O) groups excluding carboxylic acids is 1. The maximum atomic E-state index is 13.4. The van der Waals surface area contributed by atoms with Gasteiger partial charge < -0.3 is 9.80 Å². The highest BCUT2D eigenvalue weighted by atomic mass is 16.2. The molecule has 0 unspecified atom stereocenters. The number of hydrogen-bond donors (Lipinski definition) is 1. The van der Waals surface area contributed by atoms with Crippen molar-refractivity contribution < 1.29 is 4.79 Å². The molecule has 32 heavy (non-hydrogen) atoms. The number of amides is 1. The fraction of sp³-hybridized carbons (Fsp3) is 0.583. The number of anilines is 1. The van der Waals surface area contributed by atoms with Gasteiger partial charge in [-0.2, -0.15) is 10.2 Å². The molecule has 0 bridgehead atoms. The van der Waals surface area contributed by atoms with Crippen molar-refractivity contribution in [3.05, 3.63) is 41.0 Å². The van der Waals surface area contributed by atoms with E-state index in [2.05, 4.69) is 41.2 Å². The third kappa shape index (κ3) is 3.45. The smallest absolute Gasteiger partial charge is 0.274 e. The number of nitrogens with one attached hydrogen (secondary N) is 1. The van der Waals surface area contributed by atoms with Crippen molar-refractivity contribution in [1.29, 1.82) is 0 Å². The van der Waals surface area contributed by atoms with E-state index in [9.17, 15) is 4.79 Å². The van der Waals surface area contributed by atoms with Crippen LogP contribution in [0.4, 0.5) is 5.82 Å². The van der Waals surface area contributed by atoms with Crippen LogP contribution in [-0.4, -0.2) is 55.2 Å². The molecule has 1 aliphatic carbocycles. The summed E-state index contributed by atoms with van der Waals surface area (Å²) in [6.45, 7) is 7.27. The van der Waals surface area contributed by atoms with Gasteiger partial charge >= 0.3 is 0 Å². The standard InChI is InChI=1S/C24H31N7O/c1-15-8-10-29(13-15)23-16(2)14-31-22(25-23)12-19(28-31)21-5-3-4-9-30(21)24(32)20-11-18(26-27-20)17-6-7-17/h11-12,14-15,17,21H,3-10,13H2,1-2H3,(H,26,27)/t15-,21-/m0/s1. The Kier molecular flexibility index (Phi) is 4.69. The van der Waals surface area contributed by atoms with Crippen LogP contribution >= 0.6 is 0 Å². The summed E-state index contributed by atoms with van der Waals surface area (Å²) in [5.41, 5.74) is 4.55. The van der Waals surface area contributed by atoms with Gasteiger partial charge in [-0.05, 0) is 57.4 Å². The lowest BCUT2D eigenvalue weighted by molar-refractivity contribution is 0.0599. The highest BCUT2D eigenvalue weighted by molar-refractivity contribution is 5.92. The molecule has 0 radical (unpaired) electrons. The molecule has 2 atom stereocenters. The molecular weight excluding hydrogens is 402 g/mol. The summed E-state index contributed by atoms with van der Waals surface area (Å²) in [6, 6.07) is 3.98.